The van der Waals surface area contributed by atoms with Gasteiger partial charge in [0.05, 0.1) is 12.7 Å². The van der Waals surface area contributed by atoms with E-state index in [2.05, 4.69) is 6.08 Å². The lowest BCUT2D eigenvalue weighted by molar-refractivity contribution is -0.137. The van der Waals surface area contributed by atoms with Crippen LogP contribution in [0.4, 0.5) is 0 Å². The van der Waals surface area contributed by atoms with Crippen LogP contribution in [0, 0.1) is 0 Å². The van der Waals surface area contributed by atoms with Gasteiger partial charge >= 0.3 is 5.97 Å². The molecule has 0 unspecified atom stereocenters. The van der Waals surface area contributed by atoms with Gasteiger partial charge in [-0.15, -0.1) is 0 Å². The van der Waals surface area contributed by atoms with Crippen LogP contribution < -0.4 is 0 Å². The lowest BCUT2D eigenvalue weighted by Crippen LogP contribution is -2.29. The molecule has 0 spiro atoms. The molecule has 5 heteroatoms. The predicted octanol–water partition coefficient (Wildman–Crippen LogP) is 5.08. The van der Waals surface area contributed by atoms with Crippen molar-refractivity contribution in [3.8, 4) is 0 Å². The van der Waals surface area contributed by atoms with Gasteiger partial charge in [-0.3, -0.25) is 9.59 Å². The zero-order valence-electron chi connectivity index (χ0n) is 17.7. The highest BCUT2D eigenvalue weighted by molar-refractivity contribution is 6.51. The molecule has 0 aliphatic heterocycles. The Labute approximate surface area is 167 Å². The fourth-order valence-corrected chi connectivity index (χ4v) is 3.06. The highest BCUT2D eigenvalue weighted by atomic mass is 16.5. The van der Waals surface area contributed by atoms with Crippen molar-refractivity contribution in [3.63, 3.8) is 0 Å². The number of aliphatic hydroxyl groups is 1. The maximum Gasteiger partial charge on any atom is 0.342 e. The summed E-state index contributed by atoms with van der Waals surface area (Å²) in [5, 5.41) is 10.6. The van der Waals surface area contributed by atoms with Gasteiger partial charge in [-0.1, -0.05) is 43.1 Å². The van der Waals surface area contributed by atoms with E-state index in [-0.39, 0.29) is 29.6 Å². The number of unbranched alkanes of at least 4 members (excludes halogenated alkanes) is 2. The second-order valence-electron chi connectivity index (χ2n) is 7.36. The summed E-state index contributed by atoms with van der Waals surface area (Å²) in [6.07, 6.45) is 8.52. The Morgan fingerprint density at radius 2 is 1.68 bits per heavy atom. The first-order chi connectivity index (χ1) is 13.2. The van der Waals surface area contributed by atoms with E-state index in [9.17, 15) is 19.5 Å². The van der Waals surface area contributed by atoms with E-state index in [4.69, 9.17) is 4.74 Å². The van der Waals surface area contributed by atoms with E-state index < -0.39 is 23.3 Å². The molecule has 1 aliphatic carbocycles. The second kappa shape index (κ2) is 11.4. The number of hydrogen-bond acceptors (Lipinski definition) is 5. The number of esters is 1. The average molecular weight is 389 g/mol. The standard InChI is InChI=1S/C23H32O5/c1-6-7-8-12-17-19(23(27)28-5)20(24)18(22(26)21(17)25)14-13-16(4)11-9-10-15(2)3/h10,13,24H,6-9,11-12,14H2,1-5H3. The van der Waals surface area contributed by atoms with Crippen LogP contribution in [0.15, 0.2) is 45.8 Å². The first-order valence-electron chi connectivity index (χ1n) is 9.86. The molecule has 0 saturated carbocycles. The zero-order valence-corrected chi connectivity index (χ0v) is 17.7. The summed E-state index contributed by atoms with van der Waals surface area (Å²) >= 11 is 0. The molecule has 0 atom stereocenters. The van der Waals surface area contributed by atoms with Crippen LogP contribution in [-0.2, 0) is 19.1 Å². The molecule has 28 heavy (non-hydrogen) atoms. The quantitative estimate of drug-likeness (QED) is 0.185. The fourth-order valence-electron chi connectivity index (χ4n) is 3.06. The molecule has 0 bridgehead atoms. The molecule has 0 fully saturated rings. The number of aliphatic hydroxyl groups excluding tert-OH is 1. The van der Waals surface area contributed by atoms with Gasteiger partial charge in [0.2, 0.25) is 11.6 Å². The van der Waals surface area contributed by atoms with E-state index in [0.29, 0.717) is 6.42 Å². The lowest BCUT2D eigenvalue weighted by Gasteiger charge is -2.19. The zero-order chi connectivity index (χ0) is 21.3. The maximum absolute atomic E-state index is 12.6. The number of Topliss-reactive ketones (excluding diaryl/α,β-unsaturated/α-hetero) is 2. The van der Waals surface area contributed by atoms with E-state index >= 15 is 0 Å². The van der Waals surface area contributed by atoms with Crippen molar-refractivity contribution in [2.75, 3.05) is 7.11 Å². The predicted molar refractivity (Wildman–Crippen MR) is 110 cm³/mol. The van der Waals surface area contributed by atoms with Crippen molar-refractivity contribution in [3.05, 3.63) is 45.8 Å². The van der Waals surface area contributed by atoms with Crippen LogP contribution in [0.3, 0.4) is 0 Å². The molecule has 0 aromatic heterocycles. The minimum atomic E-state index is -0.786. The Bertz CT molecular complexity index is 743. The number of ether oxygens (including phenoxy) is 1. The Balaban J connectivity index is 3.17. The SMILES string of the molecule is CCCCCC1=C(C(=O)OC)C(O)=C(CC=C(C)CCC=C(C)C)C(=O)C1=O. The van der Waals surface area contributed by atoms with Gasteiger partial charge in [0, 0.05) is 5.57 Å². The minimum absolute atomic E-state index is 0.0359. The largest absolute Gasteiger partial charge is 0.507 e. The van der Waals surface area contributed by atoms with E-state index in [1.54, 1.807) is 0 Å². The smallest absolute Gasteiger partial charge is 0.342 e. The summed E-state index contributed by atoms with van der Waals surface area (Å²) in [5.74, 6) is -2.65. The first-order valence-corrected chi connectivity index (χ1v) is 9.86. The number of allylic oxidation sites excluding steroid dienone is 6. The highest BCUT2D eigenvalue weighted by Gasteiger charge is 2.37. The number of carbonyl (C=O) groups excluding carboxylic acids is 3. The summed E-state index contributed by atoms with van der Waals surface area (Å²) in [4.78, 5) is 37.4. The Morgan fingerprint density at radius 3 is 2.25 bits per heavy atom. The summed E-state index contributed by atoms with van der Waals surface area (Å²) in [7, 11) is 1.19. The minimum Gasteiger partial charge on any atom is -0.507 e. The Kier molecular flexibility index (Phi) is 9.63. The third kappa shape index (κ3) is 6.32. The Hall–Kier alpha value is -2.43. The van der Waals surface area contributed by atoms with Crippen molar-refractivity contribution < 1.29 is 24.2 Å². The van der Waals surface area contributed by atoms with Crippen LogP contribution in [-0.4, -0.2) is 29.8 Å². The molecule has 0 heterocycles. The number of methoxy groups -OCH3 is 1. The van der Waals surface area contributed by atoms with Gasteiger partial charge in [-0.25, -0.2) is 4.79 Å². The average Bonchev–Trinajstić information content (AvgIpc) is 2.65. The molecule has 0 radical (unpaired) electrons. The van der Waals surface area contributed by atoms with E-state index in [1.165, 1.54) is 12.7 Å². The van der Waals surface area contributed by atoms with Crippen LogP contribution in [0.25, 0.3) is 0 Å². The van der Waals surface area contributed by atoms with Crippen LogP contribution >= 0.6 is 0 Å². The van der Waals surface area contributed by atoms with Crippen LogP contribution in [0.2, 0.25) is 0 Å². The Morgan fingerprint density at radius 1 is 1.04 bits per heavy atom. The summed E-state index contributed by atoms with van der Waals surface area (Å²) in [5.41, 5.74) is 2.16. The van der Waals surface area contributed by atoms with Crippen LogP contribution in [0.5, 0.6) is 0 Å². The van der Waals surface area contributed by atoms with Crippen LogP contribution in [0.1, 0.15) is 72.6 Å². The molecule has 154 valence electrons. The molecule has 1 aliphatic rings. The number of rotatable bonds is 10. The normalized spacial score (nSPS) is 15.2. The number of hydrogen-bond donors (Lipinski definition) is 1. The maximum atomic E-state index is 12.6. The van der Waals surface area contributed by atoms with Gasteiger partial charge in [0.15, 0.2) is 0 Å². The molecule has 5 nitrogen and oxygen atoms in total. The first kappa shape index (κ1) is 23.6. The molecule has 0 aromatic carbocycles. The lowest BCUT2D eigenvalue weighted by atomic mass is 9.84. The van der Waals surface area contributed by atoms with E-state index in [0.717, 1.165) is 31.3 Å². The van der Waals surface area contributed by atoms with Crippen molar-refractivity contribution in [2.24, 2.45) is 0 Å². The summed E-state index contributed by atoms with van der Waals surface area (Å²) in [6, 6.07) is 0. The van der Waals surface area contributed by atoms with Gasteiger partial charge in [0.25, 0.3) is 0 Å². The van der Waals surface area contributed by atoms with Gasteiger partial charge in [-0.05, 0) is 52.9 Å². The van der Waals surface area contributed by atoms with E-state index in [1.807, 2.05) is 33.8 Å². The fraction of sp³-hybridized carbons (Fsp3) is 0.522. The van der Waals surface area contributed by atoms with Gasteiger partial charge in [0.1, 0.15) is 11.3 Å². The third-order valence-electron chi connectivity index (χ3n) is 4.74. The molecule has 0 aromatic rings. The van der Waals surface area contributed by atoms with Crippen molar-refractivity contribution in [2.45, 2.75) is 72.6 Å². The highest BCUT2D eigenvalue weighted by Crippen LogP contribution is 2.31. The molecular formula is C23H32O5. The molecule has 1 N–H and O–H groups in total. The third-order valence-corrected chi connectivity index (χ3v) is 4.74. The van der Waals surface area contributed by atoms with Crippen molar-refractivity contribution >= 4 is 17.5 Å². The summed E-state index contributed by atoms with van der Waals surface area (Å²) < 4.78 is 4.75. The molecule has 1 rings (SSSR count). The monoisotopic (exact) mass is 388 g/mol. The van der Waals surface area contributed by atoms with Crippen molar-refractivity contribution in [1.29, 1.82) is 0 Å². The second-order valence-corrected chi connectivity index (χ2v) is 7.36. The van der Waals surface area contributed by atoms with Crippen molar-refractivity contribution in [1.82, 2.24) is 0 Å². The number of ketones is 2. The number of carbonyl (C=O) groups is 3. The molecular weight excluding hydrogens is 356 g/mol. The topological polar surface area (TPSA) is 80.7 Å². The molecule has 0 saturated heterocycles. The molecule has 0 amide bonds. The van der Waals surface area contributed by atoms with Gasteiger partial charge < -0.3 is 9.84 Å². The van der Waals surface area contributed by atoms with Gasteiger partial charge in [-0.2, -0.15) is 0 Å². The summed E-state index contributed by atoms with van der Waals surface area (Å²) in [6.45, 7) is 8.03.